The van der Waals surface area contributed by atoms with E-state index in [2.05, 4.69) is 15.1 Å². The van der Waals surface area contributed by atoms with Gasteiger partial charge >= 0.3 is 0 Å². The molecule has 3 aromatic heterocycles. The molecule has 0 radical (unpaired) electrons. The standard InChI is InChI=1S/C15H16N6O2S/c1-8-10(14(23)20-6-9(4-16)7-20)5-17-21(8)15-18-11-2-3-24-12(11)13(22)19-15/h2-3,5,9H,4,6-7,16H2,1H3,(H,18,19,22). The normalized spacial score (nSPS) is 15.0. The minimum Gasteiger partial charge on any atom is -0.338 e. The summed E-state index contributed by atoms with van der Waals surface area (Å²) in [6.07, 6.45) is 1.52. The van der Waals surface area contributed by atoms with E-state index in [1.54, 1.807) is 17.9 Å². The van der Waals surface area contributed by atoms with Crippen LogP contribution in [0.4, 0.5) is 0 Å². The zero-order valence-electron chi connectivity index (χ0n) is 13.0. The van der Waals surface area contributed by atoms with Gasteiger partial charge in [-0.15, -0.1) is 11.3 Å². The zero-order valence-corrected chi connectivity index (χ0v) is 13.8. The molecule has 8 nitrogen and oxygen atoms in total. The van der Waals surface area contributed by atoms with E-state index in [9.17, 15) is 9.59 Å². The third kappa shape index (κ3) is 2.24. The fourth-order valence-corrected chi connectivity index (χ4v) is 3.57. The average Bonchev–Trinajstić information content (AvgIpc) is 3.12. The van der Waals surface area contributed by atoms with Crippen LogP contribution in [0.15, 0.2) is 22.4 Å². The Kier molecular flexibility index (Phi) is 3.47. The van der Waals surface area contributed by atoms with E-state index in [4.69, 9.17) is 5.73 Å². The highest BCUT2D eigenvalue weighted by Gasteiger charge is 2.32. The fraction of sp³-hybridized carbons (Fsp3) is 0.333. The molecule has 4 rings (SSSR count). The molecule has 1 aliphatic heterocycles. The lowest BCUT2D eigenvalue weighted by Crippen LogP contribution is -2.52. The van der Waals surface area contributed by atoms with Crippen LogP contribution in [0, 0.1) is 12.8 Å². The lowest BCUT2D eigenvalue weighted by molar-refractivity contribution is 0.0514. The number of fused-ring (bicyclic) bond motifs is 1. The summed E-state index contributed by atoms with van der Waals surface area (Å²) in [6, 6.07) is 1.79. The van der Waals surface area contributed by atoms with E-state index < -0.39 is 0 Å². The summed E-state index contributed by atoms with van der Waals surface area (Å²) in [5, 5.41) is 6.05. The number of rotatable bonds is 3. The van der Waals surface area contributed by atoms with Crippen molar-refractivity contribution in [3.8, 4) is 5.95 Å². The van der Waals surface area contributed by atoms with Crippen molar-refractivity contribution in [1.82, 2.24) is 24.6 Å². The number of likely N-dealkylation sites (tertiary alicyclic amines) is 1. The van der Waals surface area contributed by atoms with Crippen LogP contribution >= 0.6 is 11.3 Å². The number of carbonyl (C=O) groups excluding carboxylic acids is 1. The van der Waals surface area contributed by atoms with Gasteiger partial charge in [0.2, 0.25) is 5.95 Å². The van der Waals surface area contributed by atoms with Crippen LogP contribution in [0.3, 0.4) is 0 Å². The summed E-state index contributed by atoms with van der Waals surface area (Å²) in [7, 11) is 0. The van der Waals surface area contributed by atoms with Gasteiger partial charge in [0.1, 0.15) is 4.70 Å². The van der Waals surface area contributed by atoms with Gasteiger partial charge in [0.05, 0.1) is 23.0 Å². The van der Waals surface area contributed by atoms with Crippen LogP contribution in [0.1, 0.15) is 16.1 Å². The molecule has 24 heavy (non-hydrogen) atoms. The highest BCUT2D eigenvalue weighted by molar-refractivity contribution is 7.17. The average molecular weight is 344 g/mol. The maximum atomic E-state index is 12.5. The molecule has 0 unspecified atom stereocenters. The Morgan fingerprint density at radius 1 is 1.50 bits per heavy atom. The quantitative estimate of drug-likeness (QED) is 0.719. The van der Waals surface area contributed by atoms with Crippen LogP contribution < -0.4 is 11.3 Å². The second kappa shape index (κ2) is 5.53. The number of hydrogen-bond donors (Lipinski definition) is 2. The van der Waals surface area contributed by atoms with Crippen molar-refractivity contribution in [3.05, 3.63) is 39.3 Å². The fourth-order valence-electron chi connectivity index (χ4n) is 2.85. The Morgan fingerprint density at radius 2 is 2.29 bits per heavy atom. The number of nitrogens with zero attached hydrogens (tertiary/aromatic N) is 4. The molecule has 0 spiro atoms. The first kappa shape index (κ1) is 15.0. The lowest BCUT2D eigenvalue weighted by Gasteiger charge is -2.38. The molecule has 1 saturated heterocycles. The molecule has 3 N–H and O–H groups in total. The van der Waals surface area contributed by atoms with Gasteiger partial charge in [-0.05, 0) is 24.9 Å². The van der Waals surface area contributed by atoms with Gasteiger partial charge < -0.3 is 10.6 Å². The first-order valence-electron chi connectivity index (χ1n) is 7.60. The van der Waals surface area contributed by atoms with Crippen molar-refractivity contribution in [1.29, 1.82) is 0 Å². The highest BCUT2D eigenvalue weighted by atomic mass is 32.1. The monoisotopic (exact) mass is 344 g/mol. The third-order valence-electron chi connectivity index (χ3n) is 4.32. The molecule has 0 saturated carbocycles. The van der Waals surface area contributed by atoms with Crippen LogP contribution in [-0.2, 0) is 0 Å². The summed E-state index contributed by atoms with van der Waals surface area (Å²) < 4.78 is 2.07. The van der Waals surface area contributed by atoms with Crippen molar-refractivity contribution >= 4 is 27.5 Å². The zero-order chi connectivity index (χ0) is 16.8. The number of nitrogens with one attached hydrogen (secondary N) is 1. The molecule has 124 valence electrons. The van der Waals surface area contributed by atoms with E-state index >= 15 is 0 Å². The molecule has 0 aromatic carbocycles. The second-order valence-electron chi connectivity index (χ2n) is 5.89. The molecule has 0 bridgehead atoms. The smallest absolute Gasteiger partial charge is 0.270 e. The maximum absolute atomic E-state index is 12.5. The van der Waals surface area contributed by atoms with Crippen LogP contribution in [0.5, 0.6) is 0 Å². The van der Waals surface area contributed by atoms with E-state index in [0.717, 1.165) is 0 Å². The van der Waals surface area contributed by atoms with Gasteiger partial charge in [0.25, 0.3) is 11.5 Å². The Balaban J connectivity index is 1.68. The largest absolute Gasteiger partial charge is 0.338 e. The molecule has 0 atom stereocenters. The SMILES string of the molecule is Cc1c(C(=O)N2CC(CN)C2)cnn1-c1nc2ccsc2c(=O)[nH]1. The van der Waals surface area contributed by atoms with Crippen molar-refractivity contribution in [2.75, 3.05) is 19.6 Å². The molecule has 1 amide bonds. The number of thiophene rings is 1. The predicted octanol–water partition coefficient (Wildman–Crippen LogP) is 0.509. The first-order valence-corrected chi connectivity index (χ1v) is 8.48. The van der Waals surface area contributed by atoms with E-state index in [1.807, 2.05) is 5.38 Å². The van der Waals surface area contributed by atoms with E-state index in [1.165, 1.54) is 22.2 Å². The Morgan fingerprint density at radius 3 is 3.04 bits per heavy atom. The van der Waals surface area contributed by atoms with Crippen LogP contribution in [0.2, 0.25) is 0 Å². The number of aromatic nitrogens is 4. The van der Waals surface area contributed by atoms with E-state index in [-0.39, 0.29) is 11.5 Å². The molecule has 9 heteroatoms. The van der Waals surface area contributed by atoms with Crippen LogP contribution in [0.25, 0.3) is 16.2 Å². The molecule has 1 fully saturated rings. The predicted molar refractivity (Wildman–Crippen MR) is 90.5 cm³/mol. The Labute approximate surface area is 140 Å². The van der Waals surface area contributed by atoms with Gasteiger partial charge in [0, 0.05) is 19.0 Å². The number of H-pyrrole nitrogens is 1. The maximum Gasteiger partial charge on any atom is 0.270 e. The lowest BCUT2D eigenvalue weighted by atomic mass is 9.99. The molecule has 1 aliphatic rings. The van der Waals surface area contributed by atoms with Gasteiger partial charge in [-0.2, -0.15) is 5.10 Å². The minimum atomic E-state index is -0.207. The number of carbonyl (C=O) groups is 1. The van der Waals surface area contributed by atoms with Crippen molar-refractivity contribution in [2.45, 2.75) is 6.92 Å². The van der Waals surface area contributed by atoms with Gasteiger partial charge in [-0.3, -0.25) is 14.6 Å². The number of nitrogens with two attached hydrogens (primary N) is 1. The first-order chi connectivity index (χ1) is 11.6. The topological polar surface area (TPSA) is 110 Å². The molecular formula is C15H16N6O2S. The van der Waals surface area contributed by atoms with Crippen molar-refractivity contribution in [2.24, 2.45) is 11.7 Å². The third-order valence-corrected chi connectivity index (χ3v) is 5.22. The molecule has 4 heterocycles. The number of hydrogen-bond acceptors (Lipinski definition) is 6. The minimum absolute atomic E-state index is 0.0672. The van der Waals surface area contributed by atoms with Crippen LogP contribution in [-0.4, -0.2) is 50.2 Å². The summed E-state index contributed by atoms with van der Waals surface area (Å²) in [5.41, 5.74) is 7.17. The summed E-state index contributed by atoms with van der Waals surface area (Å²) >= 11 is 1.34. The van der Waals surface area contributed by atoms with Crippen molar-refractivity contribution in [3.63, 3.8) is 0 Å². The highest BCUT2D eigenvalue weighted by Crippen LogP contribution is 2.21. The van der Waals surface area contributed by atoms with Gasteiger partial charge in [-0.25, -0.2) is 9.67 Å². The summed E-state index contributed by atoms with van der Waals surface area (Å²) in [4.78, 5) is 33.5. The molecule has 0 aliphatic carbocycles. The van der Waals surface area contributed by atoms with Gasteiger partial charge in [-0.1, -0.05) is 0 Å². The molecular weight excluding hydrogens is 328 g/mol. The summed E-state index contributed by atoms with van der Waals surface area (Å²) in [6.45, 7) is 3.73. The number of aromatic amines is 1. The van der Waals surface area contributed by atoms with E-state index in [0.29, 0.717) is 53.0 Å². The van der Waals surface area contributed by atoms with Gasteiger partial charge in [0.15, 0.2) is 0 Å². The second-order valence-corrected chi connectivity index (χ2v) is 6.81. The van der Waals surface area contributed by atoms with Crippen molar-refractivity contribution < 1.29 is 4.79 Å². The molecule has 3 aromatic rings. The Bertz CT molecular complexity index is 981. The Hall–Kier alpha value is -2.52. The number of amides is 1. The summed E-state index contributed by atoms with van der Waals surface area (Å²) in [5.74, 6) is 0.622.